The summed E-state index contributed by atoms with van der Waals surface area (Å²) in [6, 6.07) is 0. The minimum absolute atomic E-state index is 0.226. The average molecular weight is 629 g/mol. The minimum atomic E-state index is -4.25. The first-order chi connectivity index (χ1) is 20.8. The van der Waals surface area contributed by atoms with Crippen molar-refractivity contribution in [1.29, 1.82) is 0 Å². The number of carbonyl (C=O) groups excluding carboxylic acids is 2. The molecule has 0 aromatic heterocycles. The molecule has 43 heavy (non-hydrogen) atoms. The van der Waals surface area contributed by atoms with Crippen molar-refractivity contribution in [2.45, 2.75) is 148 Å². The van der Waals surface area contributed by atoms with Crippen molar-refractivity contribution in [2.75, 3.05) is 20.3 Å². The van der Waals surface area contributed by atoms with Crippen molar-refractivity contribution in [3.63, 3.8) is 0 Å². The van der Waals surface area contributed by atoms with E-state index in [2.05, 4.69) is 54.8 Å². The van der Waals surface area contributed by atoms with Gasteiger partial charge < -0.3 is 14.4 Å². The minimum Gasteiger partial charge on any atom is -0.462 e. The maximum Gasteiger partial charge on any atom is 0.472 e. The van der Waals surface area contributed by atoms with Crippen LogP contribution in [0, 0.1) is 0 Å². The molecule has 0 saturated heterocycles. The van der Waals surface area contributed by atoms with Gasteiger partial charge in [-0.2, -0.15) is 0 Å². The summed E-state index contributed by atoms with van der Waals surface area (Å²) in [7, 11) is -3.20. The molecule has 8 nitrogen and oxygen atoms in total. The van der Waals surface area contributed by atoms with Gasteiger partial charge in [0, 0.05) is 20.0 Å². The number of ether oxygens (including phenoxy) is 2. The standard InChI is InChI=1S/C34H61O8P/c1-4-6-8-10-12-14-15-16-17-18-19-21-23-25-27-29-34(36)42-32(31-41-43(37,38)39-3)30-40-33(35)28-26-24-22-20-13-11-9-7-5-2/h6,8,12,14,16-17,32H,4-5,7,9-11,13,15,18-31H2,1-3H3,(H,37,38)/b8-6-,14-12-,17-16-. The Morgan fingerprint density at radius 3 is 1.77 bits per heavy atom. The Balaban J connectivity index is 4.15. The highest BCUT2D eigenvalue weighted by Gasteiger charge is 2.24. The van der Waals surface area contributed by atoms with Gasteiger partial charge in [0.25, 0.3) is 0 Å². The van der Waals surface area contributed by atoms with E-state index in [1.54, 1.807) is 0 Å². The van der Waals surface area contributed by atoms with Gasteiger partial charge in [-0.05, 0) is 44.9 Å². The summed E-state index contributed by atoms with van der Waals surface area (Å²) in [5.41, 5.74) is 0. The molecule has 2 unspecified atom stereocenters. The van der Waals surface area contributed by atoms with Gasteiger partial charge in [0.1, 0.15) is 6.61 Å². The Morgan fingerprint density at radius 2 is 1.19 bits per heavy atom. The van der Waals surface area contributed by atoms with Gasteiger partial charge in [-0.3, -0.25) is 18.6 Å². The first kappa shape index (κ1) is 41.3. The van der Waals surface area contributed by atoms with Gasteiger partial charge >= 0.3 is 19.8 Å². The first-order valence-corrected chi connectivity index (χ1v) is 18.2. The zero-order chi connectivity index (χ0) is 31.9. The summed E-state index contributed by atoms with van der Waals surface area (Å²) in [5, 5.41) is 0. The number of hydrogen-bond acceptors (Lipinski definition) is 7. The maximum atomic E-state index is 12.4. The highest BCUT2D eigenvalue weighted by molar-refractivity contribution is 7.47. The van der Waals surface area contributed by atoms with Crippen molar-refractivity contribution in [1.82, 2.24) is 0 Å². The fourth-order valence-electron chi connectivity index (χ4n) is 4.32. The van der Waals surface area contributed by atoms with Crippen LogP contribution >= 0.6 is 7.82 Å². The van der Waals surface area contributed by atoms with E-state index in [1.807, 2.05) is 0 Å². The van der Waals surface area contributed by atoms with Gasteiger partial charge in [0.2, 0.25) is 0 Å². The lowest BCUT2D eigenvalue weighted by Gasteiger charge is -2.19. The number of esters is 2. The summed E-state index contributed by atoms with van der Waals surface area (Å²) >= 11 is 0. The van der Waals surface area contributed by atoms with E-state index in [0.717, 1.165) is 77.7 Å². The zero-order valence-electron chi connectivity index (χ0n) is 27.3. The Morgan fingerprint density at radius 1 is 0.674 bits per heavy atom. The average Bonchev–Trinajstić information content (AvgIpc) is 2.99. The third kappa shape index (κ3) is 30.1. The molecule has 0 rings (SSSR count). The summed E-state index contributed by atoms with van der Waals surface area (Å²) in [6.45, 7) is 3.71. The summed E-state index contributed by atoms with van der Waals surface area (Å²) in [6.07, 6.45) is 32.0. The summed E-state index contributed by atoms with van der Waals surface area (Å²) in [5.74, 6) is -0.830. The Bertz CT molecular complexity index is 808. The molecule has 1 N–H and O–H groups in total. The fourth-order valence-corrected chi connectivity index (χ4v) is 4.78. The molecule has 9 heteroatoms. The Kier molecular flexibility index (Phi) is 29.1. The normalized spacial score (nSPS) is 14.0. The fraction of sp³-hybridized carbons (Fsp3) is 0.765. The van der Waals surface area contributed by atoms with Crippen LogP contribution < -0.4 is 0 Å². The van der Waals surface area contributed by atoms with Crippen molar-refractivity contribution in [3.8, 4) is 0 Å². The van der Waals surface area contributed by atoms with Gasteiger partial charge in [0.15, 0.2) is 6.10 Å². The molecule has 0 aliphatic heterocycles. The van der Waals surface area contributed by atoms with Crippen LogP contribution in [0.5, 0.6) is 0 Å². The lowest BCUT2D eigenvalue weighted by Crippen LogP contribution is -2.29. The molecule has 0 aliphatic rings. The second-order valence-electron chi connectivity index (χ2n) is 10.9. The molecule has 0 aromatic carbocycles. The van der Waals surface area contributed by atoms with Crippen LogP contribution in [-0.4, -0.2) is 43.3 Å². The Labute approximate surface area is 262 Å². The molecular weight excluding hydrogens is 567 g/mol. The molecule has 0 spiro atoms. The summed E-state index contributed by atoms with van der Waals surface area (Å²) < 4.78 is 31.7. The van der Waals surface area contributed by atoms with Gasteiger partial charge in [-0.25, -0.2) is 4.57 Å². The van der Waals surface area contributed by atoms with Crippen LogP contribution in [0.15, 0.2) is 36.5 Å². The molecule has 0 aliphatic carbocycles. The SMILES string of the molecule is CC/C=C\C/C=C\C/C=C\CCCCCCCC(=O)OC(COC(=O)CCCCCCCCCCC)COP(=O)(O)OC. The van der Waals surface area contributed by atoms with Crippen LogP contribution in [0.1, 0.15) is 142 Å². The van der Waals surface area contributed by atoms with Crippen molar-refractivity contribution in [3.05, 3.63) is 36.5 Å². The monoisotopic (exact) mass is 628 g/mol. The van der Waals surface area contributed by atoms with Crippen LogP contribution in [0.4, 0.5) is 0 Å². The van der Waals surface area contributed by atoms with E-state index in [4.69, 9.17) is 14.0 Å². The number of phosphoric acid groups is 1. The third-order valence-electron chi connectivity index (χ3n) is 6.90. The third-order valence-corrected chi connectivity index (χ3v) is 7.84. The van der Waals surface area contributed by atoms with Crippen molar-refractivity contribution >= 4 is 19.8 Å². The number of rotatable bonds is 30. The number of hydrogen-bond donors (Lipinski definition) is 1. The van der Waals surface area contributed by atoms with Crippen molar-refractivity contribution in [2.24, 2.45) is 0 Å². The molecule has 0 saturated carbocycles. The van der Waals surface area contributed by atoms with Gasteiger partial charge in [0.05, 0.1) is 6.61 Å². The number of allylic oxidation sites excluding steroid dienone is 6. The predicted molar refractivity (Wildman–Crippen MR) is 175 cm³/mol. The van der Waals surface area contributed by atoms with E-state index < -0.39 is 26.5 Å². The molecule has 0 heterocycles. The molecular formula is C34H61O8P. The molecule has 0 bridgehead atoms. The van der Waals surface area contributed by atoms with E-state index in [1.165, 1.54) is 38.5 Å². The summed E-state index contributed by atoms with van der Waals surface area (Å²) in [4.78, 5) is 34.1. The van der Waals surface area contributed by atoms with Gasteiger partial charge in [-0.1, -0.05) is 121 Å². The quantitative estimate of drug-likeness (QED) is 0.0362. The Hall–Kier alpha value is -1.73. The second kappa shape index (κ2) is 30.3. The topological polar surface area (TPSA) is 108 Å². The van der Waals surface area contributed by atoms with Crippen LogP contribution in [0.25, 0.3) is 0 Å². The van der Waals surface area contributed by atoms with Crippen LogP contribution in [0.2, 0.25) is 0 Å². The predicted octanol–water partition coefficient (Wildman–Crippen LogP) is 9.72. The van der Waals surface area contributed by atoms with Crippen LogP contribution in [-0.2, 0) is 32.7 Å². The highest BCUT2D eigenvalue weighted by atomic mass is 31.2. The molecule has 0 aromatic rings. The smallest absolute Gasteiger partial charge is 0.462 e. The van der Waals surface area contributed by atoms with Gasteiger partial charge in [-0.15, -0.1) is 0 Å². The molecule has 0 radical (unpaired) electrons. The molecule has 250 valence electrons. The number of phosphoric ester groups is 1. The van der Waals surface area contributed by atoms with E-state index in [9.17, 15) is 19.0 Å². The van der Waals surface area contributed by atoms with E-state index in [-0.39, 0.29) is 25.4 Å². The van der Waals surface area contributed by atoms with Crippen molar-refractivity contribution < 1.29 is 37.6 Å². The highest BCUT2D eigenvalue weighted by Crippen LogP contribution is 2.42. The van der Waals surface area contributed by atoms with Crippen LogP contribution in [0.3, 0.4) is 0 Å². The van der Waals surface area contributed by atoms with E-state index >= 15 is 0 Å². The van der Waals surface area contributed by atoms with E-state index in [0.29, 0.717) is 6.42 Å². The second-order valence-corrected chi connectivity index (χ2v) is 12.5. The number of carbonyl (C=O) groups is 2. The molecule has 2 atom stereocenters. The number of unbranched alkanes of at least 4 members (excludes halogenated alkanes) is 13. The first-order valence-electron chi connectivity index (χ1n) is 16.7. The lowest BCUT2D eigenvalue weighted by molar-refractivity contribution is -0.161. The molecule has 0 amide bonds. The lowest BCUT2D eigenvalue weighted by atomic mass is 10.1. The molecule has 0 fully saturated rings. The maximum absolute atomic E-state index is 12.4. The zero-order valence-corrected chi connectivity index (χ0v) is 28.2. The largest absolute Gasteiger partial charge is 0.472 e.